The number of rotatable bonds is 11. The van der Waals surface area contributed by atoms with Crippen LogP contribution < -0.4 is 19.9 Å². The van der Waals surface area contributed by atoms with Gasteiger partial charge in [0.05, 0.1) is 16.9 Å². The first-order chi connectivity index (χ1) is 16.2. The molecule has 3 aromatic rings. The quantitative estimate of drug-likeness (QED) is 0.230. The molecule has 3 N–H and O–H groups in total. The molecule has 0 fully saturated rings. The second-order valence-corrected chi connectivity index (χ2v) is 9.39. The molecule has 0 bridgehead atoms. The normalized spacial score (nSPS) is 11.3. The Bertz CT molecular complexity index is 1250. The van der Waals surface area contributed by atoms with Crippen LogP contribution in [-0.2, 0) is 29.6 Å². The predicted molar refractivity (Wildman–Crippen MR) is 129 cm³/mol. The minimum absolute atomic E-state index is 0.0155. The molecule has 0 spiro atoms. The summed E-state index contributed by atoms with van der Waals surface area (Å²) in [5.74, 6) is 0.978. The van der Waals surface area contributed by atoms with Crippen molar-refractivity contribution in [2.24, 2.45) is 5.14 Å². The van der Waals surface area contributed by atoms with Gasteiger partial charge >= 0.3 is 0 Å². The second kappa shape index (κ2) is 11.3. The lowest BCUT2D eigenvalue weighted by Crippen LogP contribution is -2.17. The van der Waals surface area contributed by atoms with Gasteiger partial charge in [-0.1, -0.05) is 23.7 Å². The van der Waals surface area contributed by atoms with Gasteiger partial charge in [0.1, 0.15) is 6.61 Å². The maximum Gasteiger partial charge on any atom is 0.269 e. The number of nitrogens with two attached hydrogens (primary N) is 1. The van der Waals surface area contributed by atoms with Crippen LogP contribution in [0.15, 0.2) is 65.6 Å². The zero-order valence-corrected chi connectivity index (χ0v) is 19.9. The Hall–Kier alpha value is -3.18. The van der Waals surface area contributed by atoms with Gasteiger partial charge in [0.25, 0.3) is 5.69 Å². The summed E-state index contributed by atoms with van der Waals surface area (Å²) in [6.07, 6.45) is 0.691. The van der Waals surface area contributed by atoms with Gasteiger partial charge in [0, 0.05) is 29.8 Å². The fourth-order valence-corrected chi connectivity index (χ4v) is 3.90. The van der Waals surface area contributed by atoms with Crippen LogP contribution >= 0.6 is 11.6 Å². The molecule has 3 rings (SSSR count). The molecule has 9 nitrogen and oxygen atoms in total. The summed E-state index contributed by atoms with van der Waals surface area (Å²) in [6.45, 7) is 1.34. The molecule has 0 radical (unpaired) electrons. The Labute approximate surface area is 202 Å². The van der Waals surface area contributed by atoms with E-state index in [4.69, 9.17) is 26.2 Å². The number of sulfonamides is 1. The predicted octanol–water partition coefficient (Wildman–Crippen LogP) is 3.82. The topological polar surface area (TPSA) is 134 Å². The molecule has 11 heteroatoms. The van der Waals surface area contributed by atoms with Crippen molar-refractivity contribution < 1.29 is 22.8 Å². The summed E-state index contributed by atoms with van der Waals surface area (Å²) in [5.41, 5.74) is 2.58. The standard InChI is InChI=1S/C23H24ClN3O6S/c1-32-22-12-18(14-26-11-10-16-4-8-20(9-5-16)34(25,30)31)21(24)13-23(22)33-15-17-2-6-19(7-3-17)27(28)29/h2-9,12-13,26H,10-11,14-15H2,1H3,(H2,25,30,31). The number of benzene rings is 3. The summed E-state index contributed by atoms with van der Waals surface area (Å²) in [7, 11) is -2.17. The Morgan fingerprint density at radius 1 is 1.03 bits per heavy atom. The van der Waals surface area contributed by atoms with E-state index in [2.05, 4.69) is 5.32 Å². The Morgan fingerprint density at radius 2 is 1.68 bits per heavy atom. The van der Waals surface area contributed by atoms with Crippen molar-refractivity contribution in [1.29, 1.82) is 0 Å². The summed E-state index contributed by atoms with van der Waals surface area (Å²) in [6, 6.07) is 16.0. The van der Waals surface area contributed by atoms with Crippen LogP contribution in [0.2, 0.25) is 5.02 Å². The van der Waals surface area contributed by atoms with Crippen molar-refractivity contribution >= 4 is 27.3 Å². The molecule has 34 heavy (non-hydrogen) atoms. The third kappa shape index (κ3) is 6.91. The van der Waals surface area contributed by atoms with Crippen LogP contribution in [0, 0.1) is 10.1 Å². The molecule has 0 saturated carbocycles. The van der Waals surface area contributed by atoms with E-state index in [1.54, 1.807) is 36.4 Å². The minimum Gasteiger partial charge on any atom is -0.493 e. The minimum atomic E-state index is -3.70. The van der Waals surface area contributed by atoms with Gasteiger partial charge in [-0.05, 0) is 60.0 Å². The lowest BCUT2D eigenvalue weighted by Gasteiger charge is -2.14. The van der Waals surface area contributed by atoms with E-state index in [-0.39, 0.29) is 17.2 Å². The van der Waals surface area contributed by atoms with Crippen molar-refractivity contribution in [2.45, 2.75) is 24.5 Å². The first-order valence-corrected chi connectivity index (χ1v) is 12.1. The third-order valence-electron chi connectivity index (χ3n) is 5.03. The van der Waals surface area contributed by atoms with E-state index in [1.165, 1.54) is 31.4 Å². The van der Waals surface area contributed by atoms with Gasteiger partial charge < -0.3 is 14.8 Å². The van der Waals surface area contributed by atoms with Gasteiger partial charge in [-0.2, -0.15) is 0 Å². The number of hydrogen-bond acceptors (Lipinski definition) is 7. The van der Waals surface area contributed by atoms with Crippen molar-refractivity contribution in [1.82, 2.24) is 5.32 Å². The van der Waals surface area contributed by atoms with Crippen LogP contribution in [0.25, 0.3) is 0 Å². The number of nitrogens with one attached hydrogen (secondary N) is 1. The molecule has 0 aromatic heterocycles. The van der Waals surface area contributed by atoms with E-state index >= 15 is 0 Å². The van der Waals surface area contributed by atoms with Crippen molar-refractivity contribution in [2.75, 3.05) is 13.7 Å². The Morgan fingerprint density at radius 3 is 2.26 bits per heavy atom. The van der Waals surface area contributed by atoms with Crippen molar-refractivity contribution in [3.63, 3.8) is 0 Å². The Kier molecular flexibility index (Phi) is 8.46. The number of primary sulfonamides is 1. The SMILES string of the molecule is COc1cc(CNCCc2ccc(S(N)(=O)=O)cc2)c(Cl)cc1OCc1ccc([N+](=O)[O-])cc1. The van der Waals surface area contributed by atoms with E-state index in [9.17, 15) is 18.5 Å². The van der Waals surface area contributed by atoms with Gasteiger partial charge in [-0.15, -0.1) is 0 Å². The monoisotopic (exact) mass is 505 g/mol. The van der Waals surface area contributed by atoms with Gasteiger partial charge in [-0.3, -0.25) is 10.1 Å². The lowest BCUT2D eigenvalue weighted by molar-refractivity contribution is -0.384. The molecule has 0 aliphatic rings. The van der Waals surface area contributed by atoms with Crippen LogP contribution in [0.5, 0.6) is 11.5 Å². The average Bonchev–Trinajstić information content (AvgIpc) is 2.81. The molecule has 0 aliphatic heterocycles. The maximum atomic E-state index is 11.3. The highest BCUT2D eigenvalue weighted by molar-refractivity contribution is 7.89. The highest BCUT2D eigenvalue weighted by atomic mass is 35.5. The fraction of sp³-hybridized carbons (Fsp3) is 0.217. The van der Waals surface area contributed by atoms with Gasteiger partial charge in [-0.25, -0.2) is 13.6 Å². The summed E-state index contributed by atoms with van der Waals surface area (Å²) < 4.78 is 33.9. The molecule has 0 aliphatic carbocycles. The zero-order valence-electron chi connectivity index (χ0n) is 18.4. The second-order valence-electron chi connectivity index (χ2n) is 7.42. The number of halogens is 1. The van der Waals surface area contributed by atoms with Crippen LogP contribution in [0.4, 0.5) is 5.69 Å². The fourth-order valence-electron chi connectivity index (χ4n) is 3.16. The number of nitro benzene ring substituents is 1. The van der Waals surface area contributed by atoms with E-state index in [0.717, 1.165) is 16.7 Å². The summed E-state index contributed by atoms with van der Waals surface area (Å²) >= 11 is 6.43. The number of ether oxygens (including phenoxy) is 2. The molecule has 0 amide bonds. The highest BCUT2D eigenvalue weighted by Gasteiger charge is 2.12. The van der Waals surface area contributed by atoms with E-state index in [1.807, 2.05) is 0 Å². The Balaban J connectivity index is 1.56. The molecule has 0 atom stereocenters. The van der Waals surface area contributed by atoms with E-state index < -0.39 is 14.9 Å². The molecular formula is C23H24ClN3O6S. The molecule has 0 heterocycles. The average molecular weight is 506 g/mol. The molecule has 0 unspecified atom stereocenters. The van der Waals surface area contributed by atoms with Crippen LogP contribution in [0.1, 0.15) is 16.7 Å². The van der Waals surface area contributed by atoms with Crippen molar-refractivity contribution in [3.8, 4) is 11.5 Å². The van der Waals surface area contributed by atoms with Crippen LogP contribution in [0.3, 0.4) is 0 Å². The number of hydrogen-bond donors (Lipinski definition) is 2. The zero-order chi connectivity index (χ0) is 24.7. The highest BCUT2D eigenvalue weighted by Crippen LogP contribution is 2.34. The maximum absolute atomic E-state index is 11.3. The smallest absolute Gasteiger partial charge is 0.269 e. The molecule has 3 aromatic carbocycles. The van der Waals surface area contributed by atoms with Gasteiger partial charge in [0.2, 0.25) is 10.0 Å². The number of methoxy groups -OCH3 is 1. The third-order valence-corrected chi connectivity index (χ3v) is 6.31. The molecule has 180 valence electrons. The van der Waals surface area contributed by atoms with E-state index in [0.29, 0.717) is 36.0 Å². The first kappa shape index (κ1) is 25.4. The van der Waals surface area contributed by atoms with Gasteiger partial charge in [0.15, 0.2) is 11.5 Å². The lowest BCUT2D eigenvalue weighted by atomic mass is 10.1. The van der Waals surface area contributed by atoms with Crippen LogP contribution in [-0.4, -0.2) is 27.0 Å². The first-order valence-electron chi connectivity index (χ1n) is 10.2. The number of nitrogens with zero attached hydrogens (tertiary/aromatic N) is 1. The number of non-ortho nitro benzene ring substituents is 1. The number of nitro groups is 1. The summed E-state index contributed by atoms with van der Waals surface area (Å²) in [4.78, 5) is 10.4. The summed E-state index contributed by atoms with van der Waals surface area (Å²) in [5, 5.41) is 19.7. The largest absolute Gasteiger partial charge is 0.493 e. The van der Waals surface area contributed by atoms with Crippen molar-refractivity contribution in [3.05, 3.63) is 92.5 Å². The molecular weight excluding hydrogens is 482 g/mol. The molecule has 0 saturated heterocycles.